The third-order valence-electron chi connectivity index (χ3n) is 4.69. The molecule has 0 aliphatic carbocycles. The van der Waals surface area contributed by atoms with Crippen LogP contribution in [0.4, 0.5) is 0 Å². The van der Waals surface area contributed by atoms with Crippen LogP contribution in [0.3, 0.4) is 0 Å². The van der Waals surface area contributed by atoms with Crippen molar-refractivity contribution in [3.8, 4) is 11.5 Å². The molecular weight excluding hydrogens is 350 g/mol. The number of rotatable bonds is 5. The molecule has 2 aliphatic heterocycles. The summed E-state index contributed by atoms with van der Waals surface area (Å²) in [4.78, 5) is 28.3. The number of hydrogen-bond acceptors (Lipinski definition) is 6. The van der Waals surface area contributed by atoms with Crippen molar-refractivity contribution in [2.24, 2.45) is 0 Å². The monoisotopic (exact) mass is 371 g/mol. The van der Waals surface area contributed by atoms with Gasteiger partial charge in [0.05, 0.1) is 12.8 Å². The van der Waals surface area contributed by atoms with Crippen LogP contribution in [0.15, 0.2) is 41.0 Å². The Morgan fingerprint density at radius 1 is 1.04 bits per heavy atom. The number of carbonyl (C=O) groups excluding carboxylic acids is 2. The first-order valence-electron chi connectivity index (χ1n) is 8.89. The van der Waals surface area contributed by atoms with Gasteiger partial charge in [0.2, 0.25) is 12.7 Å². The Labute approximate surface area is 156 Å². The molecule has 27 heavy (non-hydrogen) atoms. The third kappa shape index (κ3) is 4.06. The van der Waals surface area contributed by atoms with E-state index in [1.54, 1.807) is 17.0 Å². The van der Waals surface area contributed by atoms with Crippen molar-refractivity contribution in [1.29, 1.82) is 0 Å². The minimum atomic E-state index is -0.105. The van der Waals surface area contributed by atoms with Crippen molar-refractivity contribution in [3.63, 3.8) is 0 Å². The van der Waals surface area contributed by atoms with Crippen molar-refractivity contribution in [3.05, 3.63) is 47.9 Å². The van der Waals surface area contributed by atoms with Gasteiger partial charge in [-0.3, -0.25) is 14.5 Å². The molecule has 0 unspecified atom stereocenters. The van der Waals surface area contributed by atoms with E-state index in [1.165, 1.54) is 6.26 Å². The molecule has 3 heterocycles. The summed E-state index contributed by atoms with van der Waals surface area (Å²) in [6, 6.07) is 9.00. The van der Waals surface area contributed by atoms with Crippen molar-refractivity contribution in [2.45, 2.75) is 6.54 Å². The standard InChI is InChI=1S/C19H21N3O5/c23-18(20-11-14-3-4-15-17(10-14)27-13-26-15)12-21-5-7-22(8-6-21)19(24)16-2-1-9-25-16/h1-4,9-10H,5-8,11-13H2,(H,20,23). The van der Waals surface area contributed by atoms with Gasteiger partial charge in [-0.25, -0.2) is 0 Å². The molecule has 0 radical (unpaired) electrons. The SMILES string of the molecule is O=C(CN1CCN(C(=O)c2ccco2)CC1)NCc1ccc2c(c1)OCO2. The number of nitrogens with one attached hydrogen (secondary N) is 1. The number of piperazine rings is 1. The van der Waals surface area contributed by atoms with Crippen molar-refractivity contribution in [2.75, 3.05) is 39.5 Å². The molecule has 1 saturated heterocycles. The second-order valence-electron chi connectivity index (χ2n) is 6.51. The highest BCUT2D eigenvalue weighted by atomic mass is 16.7. The number of hydrogen-bond donors (Lipinski definition) is 1. The first-order chi connectivity index (χ1) is 13.2. The molecular formula is C19H21N3O5. The number of nitrogens with zero attached hydrogens (tertiary/aromatic N) is 2. The minimum Gasteiger partial charge on any atom is -0.459 e. The van der Waals surface area contributed by atoms with E-state index in [1.807, 2.05) is 23.1 Å². The van der Waals surface area contributed by atoms with Crippen molar-refractivity contribution < 1.29 is 23.5 Å². The summed E-state index contributed by atoms with van der Waals surface area (Å²) in [5.74, 6) is 1.64. The molecule has 4 rings (SSSR count). The van der Waals surface area contributed by atoms with E-state index in [2.05, 4.69) is 5.32 Å². The number of benzene rings is 1. The molecule has 0 bridgehead atoms. The highest BCUT2D eigenvalue weighted by Gasteiger charge is 2.24. The van der Waals surface area contributed by atoms with E-state index in [9.17, 15) is 9.59 Å². The van der Waals surface area contributed by atoms with Gasteiger partial charge in [0.15, 0.2) is 17.3 Å². The summed E-state index contributed by atoms with van der Waals surface area (Å²) >= 11 is 0. The van der Waals surface area contributed by atoms with Crippen LogP contribution in [0.1, 0.15) is 16.1 Å². The molecule has 1 aromatic heterocycles. The fraction of sp³-hybridized carbons (Fsp3) is 0.368. The number of amides is 2. The van der Waals surface area contributed by atoms with E-state index in [0.29, 0.717) is 50.8 Å². The lowest BCUT2D eigenvalue weighted by Crippen LogP contribution is -2.51. The predicted octanol–water partition coefficient (Wildman–Crippen LogP) is 1.08. The Bertz CT molecular complexity index is 813. The van der Waals surface area contributed by atoms with E-state index in [-0.39, 0.29) is 18.6 Å². The first kappa shape index (κ1) is 17.4. The molecule has 0 spiro atoms. The van der Waals surface area contributed by atoms with Crippen LogP contribution in [0.25, 0.3) is 0 Å². The smallest absolute Gasteiger partial charge is 0.289 e. The third-order valence-corrected chi connectivity index (χ3v) is 4.69. The molecule has 0 saturated carbocycles. The lowest BCUT2D eigenvalue weighted by atomic mass is 10.2. The van der Waals surface area contributed by atoms with Gasteiger partial charge in [-0.2, -0.15) is 0 Å². The van der Waals surface area contributed by atoms with Crippen molar-refractivity contribution in [1.82, 2.24) is 15.1 Å². The van der Waals surface area contributed by atoms with Gasteiger partial charge in [-0.05, 0) is 29.8 Å². The predicted molar refractivity (Wildman–Crippen MR) is 95.5 cm³/mol. The molecule has 142 valence electrons. The Hall–Kier alpha value is -3.00. The highest BCUT2D eigenvalue weighted by Crippen LogP contribution is 2.32. The van der Waals surface area contributed by atoms with Crippen LogP contribution >= 0.6 is 0 Å². The Kier molecular flexibility index (Phi) is 4.97. The molecule has 2 amide bonds. The van der Waals surface area contributed by atoms with Crippen LogP contribution in [-0.4, -0.2) is 61.1 Å². The Balaban J connectivity index is 1.21. The Morgan fingerprint density at radius 3 is 2.63 bits per heavy atom. The maximum absolute atomic E-state index is 12.2. The fourth-order valence-corrected chi connectivity index (χ4v) is 3.18. The van der Waals surface area contributed by atoms with Gasteiger partial charge in [-0.15, -0.1) is 0 Å². The molecule has 1 aromatic carbocycles. The normalized spacial score (nSPS) is 16.4. The summed E-state index contributed by atoms with van der Waals surface area (Å²) in [6.45, 7) is 3.46. The summed E-state index contributed by atoms with van der Waals surface area (Å²) in [7, 11) is 0. The topological polar surface area (TPSA) is 84.3 Å². The van der Waals surface area contributed by atoms with Gasteiger partial charge in [-0.1, -0.05) is 6.07 Å². The number of ether oxygens (including phenoxy) is 2. The number of carbonyl (C=O) groups is 2. The summed E-state index contributed by atoms with van der Waals surface area (Å²) in [5.41, 5.74) is 0.960. The first-order valence-corrected chi connectivity index (χ1v) is 8.89. The maximum atomic E-state index is 12.2. The van der Waals surface area contributed by atoms with Crippen LogP contribution in [0.5, 0.6) is 11.5 Å². The second-order valence-corrected chi connectivity index (χ2v) is 6.51. The van der Waals surface area contributed by atoms with E-state index in [4.69, 9.17) is 13.9 Å². The van der Waals surface area contributed by atoms with Gasteiger partial charge >= 0.3 is 0 Å². The molecule has 2 aliphatic rings. The highest BCUT2D eigenvalue weighted by molar-refractivity contribution is 5.91. The lowest BCUT2D eigenvalue weighted by Gasteiger charge is -2.33. The van der Waals surface area contributed by atoms with Crippen LogP contribution in [0.2, 0.25) is 0 Å². The van der Waals surface area contributed by atoms with E-state index < -0.39 is 0 Å². The van der Waals surface area contributed by atoms with Gasteiger partial charge in [0.1, 0.15) is 0 Å². The fourth-order valence-electron chi connectivity index (χ4n) is 3.18. The summed E-state index contributed by atoms with van der Waals surface area (Å²) in [5, 5.41) is 2.92. The number of fused-ring (bicyclic) bond motifs is 1. The average molecular weight is 371 g/mol. The van der Waals surface area contributed by atoms with E-state index >= 15 is 0 Å². The minimum absolute atomic E-state index is 0.0431. The quantitative estimate of drug-likeness (QED) is 0.847. The summed E-state index contributed by atoms with van der Waals surface area (Å²) < 4.78 is 15.8. The van der Waals surface area contributed by atoms with Crippen molar-refractivity contribution >= 4 is 11.8 Å². The molecule has 1 N–H and O–H groups in total. The lowest BCUT2D eigenvalue weighted by molar-refractivity contribution is -0.122. The molecule has 2 aromatic rings. The zero-order valence-electron chi connectivity index (χ0n) is 14.8. The van der Waals surface area contributed by atoms with E-state index in [0.717, 1.165) is 11.3 Å². The second kappa shape index (κ2) is 7.71. The van der Waals surface area contributed by atoms with Crippen LogP contribution in [-0.2, 0) is 11.3 Å². The average Bonchev–Trinajstić information content (AvgIpc) is 3.38. The molecule has 8 nitrogen and oxygen atoms in total. The van der Waals surface area contributed by atoms with Gasteiger partial charge in [0, 0.05) is 32.7 Å². The largest absolute Gasteiger partial charge is 0.459 e. The number of furan rings is 1. The molecule has 1 fully saturated rings. The van der Waals surface area contributed by atoms with Crippen LogP contribution in [0, 0.1) is 0 Å². The van der Waals surface area contributed by atoms with Gasteiger partial charge in [0.25, 0.3) is 5.91 Å². The molecule has 0 atom stereocenters. The zero-order valence-corrected chi connectivity index (χ0v) is 14.8. The summed E-state index contributed by atoms with van der Waals surface area (Å²) in [6.07, 6.45) is 1.49. The zero-order chi connectivity index (χ0) is 18.6. The molecule has 8 heteroatoms. The van der Waals surface area contributed by atoms with Crippen LogP contribution < -0.4 is 14.8 Å². The van der Waals surface area contributed by atoms with Gasteiger partial charge < -0.3 is 24.1 Å². The maximum Gasteiger partial charge on any atom is 0.289 e. The Morgan fingerprint density at radius 2 is 1.85 bits per heavy atom.